The Hall–Kier alpha value is -2.42. The lowest BCUT2D eigenvalue weighted by atomic mass is 9.90. The highest BCUT2D eigenvalue weighted by molar-refractivity contribution is 6.05. The van der Waals surface area contributed by atoms with Crippen molar-refractivity contribution in [3.63, 3.8) is 0 Å². The molecule has 3 aliphatic heterocycles. The van der Waals surface area contributed by atoms with Gasteiger partial charge in [-0.15, -0.1) is 0 Å². The van der Waals surface area contributed by atoms with Gasteiger partial charge in [0.25, 0.3) is 0 Å². The van der Waals surface area contributed by atoms with Crippen molar-refractivity contribution >= 4 is 27.6 Å². The second kappa shape index (κ2) is 4.10. The van der Waals surface area contributed by atoms with E-state index < -0.39 is 0 Å². The predicted molar refractivity (Wildman–Crippen MR) is 90.6 cm³/mol. The fourth-order valence-electron chi connectivity index (χ4n) is 4.57. The molecule has 3 aliphatic rings. The molecule has 4 heterocycles. The number of furan rings is 1. The van der Waals surface area contributed by atoms with Crippen LogP contribution in [0.2, 0.25) is 0 Å². The molecule has 0 N–H and O–H groups in total. The quantitative estimate of drug-likeness (QED) is 0.663. The lowest BCUT2D eigenvalue weighted by Crippen LogP contribution is -2.24. The average Bonchev–Trinajstić information content (AvgIpc) is 3.33. The first-order valence-electron chi connectivity index (χ1n) is 8.42. The molecule has 2 fully saturated rings. The summed E-state index contributed by atoms with van der Waals surface area (Å²) in [5, 5.41) is 2.40. The van der Waals surface area contributed by atoms with Crippen LogP contribution in [0.15, 0.2) is 58.2 Å². The first-order valence-corrected chi connectivity index (χ1v) is 8.42. The molecule has 0 spiro atoms. The molecule has 3 aromatic rings. The minimum absolute atomic E-state index is 0.444. The zero-order chi connectivity index (χ0) is 15.0. The summed E-state index contributed by atoms with van der Waals surface area (Å²) in [6, 6.07) is 14.9. The fourth-order valence-corrected chi connectivity index (χ4v) is 4.57. The van der Waals surface area contributed by atoms with Gasteiger partial charge in [0, 0.05) is 48.0 Å². The van der Waals surface area contributed by atoms with Gasteiger partial charge >= 0.3 is 0 Å². The van der Waals surface area contributed by atoms with Crippen molar-refractivity contribution in [3.8, 4) is 0 Å². The predicted octanol–water partition coefficient (Wildman–Crippen LogP) is 4.47. The Bertz CT molecular complexity index is 984. The molecule has 1 aromatic heterocycles. The number of fused-ring (bicyclic) bond motifs is 7. The molecular formula is C20H17NO2. The van der Waals surface area contributed by atoms with Crippen LogP contribution in [0.3, 0.4) is 0 Å². The number of benzene rings is 2. The molecule has 0 amide bonds. The maximum Gasteiger partial charge on any atom is 0.137 e. The lowest BCUT2D eigenvalue weighted by Gasteiger charge is -2.20. The number of allylic oxidation sites excluding steroid dienone is 1. The molecule has 0 saturated carbocycles. The number of nitrogens with zero attached hydrogens (tertiary/aromatic N) is 1. The van der Waals surface area contributed by atoms with Crippen molar-refractivity contribution in [3.05, 3.63) is 53.8 Å². The number of hydrogen-bond donors (Lipinski definition) is 0. The van der Waals surface area contributed by atoms with E-state index in [4.69, 9.17) is 9.15 Å². The number of hydrogen-bond acceptors (Lipinski definition) is 3. The highest BCUT2D eigenvalue weighted by Gasteiger charge is 2.46. The van der Waals surface area contributed by atoms with E-state index in [1.807, 2.05) is 12.1 Å². The number of rotatable bonds is 1. The average molecular weight is 303 g/mol. The van der Waals surface area contributed by atoms with E-state index in [0.717, 1.165) is 30.7 Å². The normalized spacial score (nSPS) is 25.7. The van der Waals surface area contributed by atoms with Crippen LogP contribution in [-0.2, 0) is 4.74 Å². The van der Waals surface area contributed by atoms with Crippen molar-refractivity contribution in [2.24, 2.45) is 5.92 Å². The van der Waals surface area contributed by atoms with Gasteiger partial charge in [0.15, 0.2) is 0 Å². The second-order valence-electron chi connectivity index (χ2n) is 6.91. The molecule has 2 aromatic carbocycles. The summed E-state index contributed by atoms with van der Waals surface area (Å²) in [6.07, 6.45) is 2.80. The topological polar surface area (TPSA) is 25.6 Å². The molecular weight excluding hydrogens is 286 g/mol. The minimum Gasteiger partial charge on any atom is -0.494 e. The lowest BCUT2D eigenvalue weighted by molar-refractivity contribution is 0.156. The van der Waals surface area contributed by atoms with E-state index in [2.05, 4.69) is 35.2 Å². The standard InChI is InChI=1S/C20H17NO2/c1-2-4-17-13(3-1)14-6-5-12(9-20(14)23-17)21-10-15-16(11-21)19-8-7-18(15)22-19/h1-6,9,15,18H,7-8,10-11H2/t15-,18+/m1/s1. The molecule has 23 heavy (non-hydrogen) atoms. The van der Waals surface area contributed by atoms with Crippen molar-refractivity contribution in [2.75, 3.05) is 18.0 Å². The first-order chi connectivity index (χ1) is 11.4. The number of ether oxygens (including phenoxy) is 1. The van der Waals surface area contributed by atoms with Crippen LogP contribution in [0.4, 0.5) is 5.69 Å². The van der Waals surface area contributed by atoms with Crippen LogP contribution in [0, 0.1) is 5.92 Å². The summed E-state index contributed by atoms with van der Waals surface area (Å²) in [5.41, 5.74) is 4.76. The summed E-state index contributed by atoms with van der Waals surface area (Å²) in [4.78, 5) is 2.48. The molecule has 114 valence electrons. The molecule has 0 unspecified atom stereocenters. The largest absolute Gasteiger partial charge is 0.494 e. The van der Waals surface area contributed by atoms with Gasteiger partial charge in [0.1, 0.15) is 17.3 Å². The molecule has 2 bridgehead atoms. The van der Waals surface area contributed by atoms with Crippen molar-refractivity contribution in [1.29, 1.82) is 0 Å². The highest BCUT2D eigenvalue weighted by Crippen LogP contribution is 2.47. The Kier molecular flexibility index (Phi) is 2.15. The number of anilines is 1. The summed E-state index contributed by atoms with van der Waals surface area (Å²) < 4.78 is 12.0. The third-order valence-corrected chi connectivity index (χ3v) is 5.71. The van der Waals surface area contributed by atoms with Crippen LogP contribution in [-0.4, -0.2) is 19.2 Å². The Morgan fingerprint density at radius 3 is 2.87 bits per heavy atom. The zero-order valence-electron chi connectivity index (χ0n) is 12.8. The maximum absolute atomic E-state index is 6.04. The van der Waals surface area contributed by atoms with Gasteiger partial charge in [-0.1, -0.05) is 18.2 Å². The fraction of sp³-hybridized carbons (Fsp3) is 0.300. The van der Waals surface area contributed by atoms with Crippen LogP contribution in [0.25, 0.3) is 21.9 Å². The smallest absolute Gasteiger partial charge is 0.137 e. The molecule has 2 saturated heterocycles. The van der Waals surface area contributed by atoms with Crippen LogP contribution >= 0.6 is 0 Å². The third-order valence-electron chi connectivity index (χ3n) is 5.71. The van der Waals surface area contributed by atoms with Crippen LogP contribution < -0.4 is 4.90 Å². The molecule has 3 nitrogen and oxygen atoms in total. The minimum atomic E-state index is 0.444. The molecule has 2 atom stereocenters. The van der Waals surface area contributed by atoms with E-state index in [9.17, 15) is 0 Å². The van der Waals surface area contributed by atoms with Crippen molar-refractivity contribution in [1.82, 2.24) is 0 Å². The Morgan fingerprint density at radius 1 is 1.00 bits per heavy atom. The van der Waals surface area contributed by atoms with Crippen molar-refractivity contribution < 1.29 is 9.15 Å². The summed E-state index contributed by atoms with van der Waals surface area (Å²) >= 11 is 0. The molecule has 0 radical (unpaired) electrons. The van der Waals surface area contributed by atoms with Gasteiger partial charge < -0.3 is 14.1 Å². The SMILES string of the molecule is c1ccc2c(c1)oc1cc(N3CC4=C5CC[C@H](O5)[C@@H]4C3)ccc12. The van der Waals surface area contributed by atoms with Crippen LogP contribution in [0.1, 0.15) is 12.8 Å². The highest BCUT2D eigenvalue weighted by atomic mass is 16.5. The maximum atomic E-state index is 6.04. The zero-order valence-corrected chi connectivity index (χ0v) is 12.8. The van der Waals surface area contributed by atoms with Gasteiger partial charge in [-0.25, -0.2) is 0 Å². The third kappa shape index (κ3) is 1.55. The molecule has 6 rings (SSSR count). The first kappa shape index (κ1) is 12.1. The summed E-state index contributed by atoms with van der Waals surface area (Å²) in [5.74, 6) is 1.90. The van der Waals surface area contributed by atoms with Gasteiger partial charge in [-0.05, 0) is 30.2 Å². The van der Waals surface area contributed by atoms with E-state index in [0.29, 0.717) is 12.0 Å². The van der Waals surface area contributed by atoms with Gasteiger partial charge in [0.2, 0.25) is 0 Å². The van der Waals surface area contributed by atoms with E-state index in [-0.39, 0.29) is 0 Å². The molecule has 3 heteroatoms. The van der Waals surface area contributed by atoms with Crippen molar-refractivity contribution in [2.45, 2.75) is 18.9 Å². The summed E-state index contributed by atoms with van der Waals surface area (Å²) in [7, 11) is 0. The molecule has 0 aliphatic carbocycles. The Morgan fingerprint density at radius 2 is 1.91 bits per heavy atom. The van der Waals surface area contributed by atoms with E-state index >= 15 is 0 Å². The Labute approximate surface area is 134 Å². The van der Waals surface area contributed by atoms with Crippen LogP contribution in [0.5, 0.6) is 0 Å². The Balaban J connectivity index is 1.43. The van der Waals surface area contributed by atoms with Gasteiger partial charge in [0.05, 0.1) is 5.76 Å². The summed E-state index contributed by atoms with van der Waals surface area (Å²) in [6.45, 7) is 2.09. The number of para-hydroxylation sites is 1. The van der Waals surface area contributed by atoms with E-state index in [1.165, 1.54) is 28.6 Å². The monoisotopic (exact) mass is 303 g/mol. The van der Waals surface area contributed by atoms with Gasteiger partial charge in [-0.3, -0.25) is 0 Å². The van der Waals surface area contributed by atoms with Gasteiger partial charge in [-0.2, -0.15) is 0 Å². The van der Waals surface area contributed by atoms with E-state index in [1.54, 1.807) is 5.57 Å². The second-order valence-corrected chi connectivity index (χ2v) is 6.91.